The van der Waals surface area contributed by atoms with Gasteiger partial charge in [-0.1, -0.05) is 0 Å². The maximum Gasteiger partial charge on any atom is 0.200 e. The molecular formula is C28H8F14S2. The van der Waals surface area contributed by atoms with Crippen molar-refractivity contribution >= 4 is 22.7 Å². The number of thiophene rings is 2. The zero-order valence-corrected chi connectivity index (χ0v) is 22.9. The van der Waals surface area contributed by atoms with Gasteiger partial charge in [-0.15, -0.1) is 22.7 Å². The van der Waals surface area contributed by atoms with Crippen LogP contribution in [0.1, 0.15) is 9.75 Å². The molecule has 0 aliphatic rings. The molecule has 5 rings (SSSR count). The third-order valence-electron chi connectivity index (χ3n) is 6.55. The average Bonchev–Trinajstić information content (AvgIpc) is 3.55. The van der Waals surface area contributed by atoms with E-state index in [4.69, 9.17) is 0 Å². The lowest BCUT2D eigenvalue weighted by atomic mass is 9.92. The van der Waals surface area contributed by atoms with Gasteiger partial charge in [-0.05, 0) is 37.1 Å². The molecule has 0 saturated carbocycles. The van der Waals surface area contributed by atoms with E-state index in [0.717, 1.165) is 13.8 Å². The van der Waals surface area contributed by atoms with E-state index in [1.165, 1.54) is 0 Å². The van der Waals surface area contributed by atoms with Crippen molar-refractivity contribution in [2.75, 3.05) is 0 Å². The van der Waals surface area contributed by atoms with Gasteiger partial charge in [0.1, 0.15) is 0 Å². The molecule has 0 unspecified atom stereocenters. The van der Waals surface area contributed by atoms with Crippen molar-refractivity contribution in [3.05, 3.63) is 103 Å². The molecule has 0 N–H and O–H groups in total. The van der Waals surface area contributed by atoms with Gasteiger partial charge in [0.25, 0.3) is 0 Å². The summed E-state index contributed by atoms with van der Waals surface area (Å²) in [5.74, 6) is -32.3. The molecule has 0 atom stereocenters. The highest BCUT2D eigenvalue weighted by Gasteiger charge is 2.34. The van der Waals surface area contributed by atoms with Crippen LogP contribution in [0, 0.1) is 95.3 Å². The van der Waals surface area contributed by atoms with E-state index in [2.05, 4.69) is 0 Å². The second-order valence-electron chi connectivity index (χ2n) is 9.06. The van der Waals surface area contributed by atoms with E-state index < -0.39 is 125 Å². The van der Waals surface area contributed by atoms with Gasteiger partial charge in [0, 0.05) is 30.6 Å². The number of hydrogen-bond acceptors (Lipinski definition) is 2. The fourth-order valence-corrected chi connectivity index (χ4v) is 6.60. The molecule has 16 heteroatoms. The SMILES string of the molecule is Cc1sc(-c2c(F)c(F)c(F)c(F)c2F)cc1-c1c(F)c(F)c(F)c(F)c1-c1cc(-c2c(F)c(F)c(F)c(F)c2F)sc1C. The number of halogens is 14. The summed E-state index contributed by atoms with van der Waals surface area (Å²) in [6.45, 7) is 2.19. The van der Waals surface area contributed by atoms with Crippen LogP contribution in [0.4, 0.5) is 61.5 Å². The molecule has 0 nitrogen and oxygen atoms in total. The van der Waals surface area contributed by atoms with Crippen molar-refractivity contribution in [3.63, 3.8) is 0 Å². The van der Waals surface area contributed by atoms with Gasteiger partial charge in [-0.25, -0.2) is 61.5 Å². The first kappa shape index (κ1) is 31.5. The Morgan fingerprint density at radius 1 is 0.318 bits per heavy atom. The van der Waals surface area contributed by atoms with Gasteiger partial charge in [0.05, 0.1) is 11.1 Å². The first-order valence-corrected chi connectivity index (χ1v) is 13.2. The molecule has 0 aliphatic heterocycles. The summed E-state index contributed by atoms with van der Waals surface area (Å²) < 4.78 is 200. The quantitative estimate of drug-likeness (QED) is 0.101. The lowest BCUT2D eigenvalue weighted by Gasteiger charge is -2.14. The van der Waals surface area contributed by atoms with E-state index >= 15 is 8.78 Å². The van der Waals surface area contributed by atoms with Crippen LogP contribution < -0.4 is 0 Å². The smallest absolute Gasteiger partial charge is 0.200 e. The Hall–Kier alpha value is -3.92. The predicted octanol–water partition coefficient (Wildman–Crippen LogP) is 11.0. The Labute approximate surface area is 244 Å². The number of hydrogen-bond donors (Lipinski definition) is 0. The fraction of sp³-hybridized carbons (Fsp3) is 0.0714. The summed E-state index contributed by atoms with van der Waals surface area (Å²) in [6.07, 6.45) is 0. The van der Waals surface area contributed by atoms with Crippen molar-refractivity contribution in [1.29, 1.82) is 0 Å². The Morgan fingerprint density at radius 3 is 0.773 bits per heavy atom. The predicted molar refractivity (Wildman–Crippen MR) is 133 cm³/mol. The van der Waals surface area contributed by atoms with E-state index in [-0.39, 0.29) is 9.75 Å². The highest BCUT2D eigenvalue weighted by atomic mass is 32.1. The summed E-state index contributed by atoms with van der Waals surface area (Å²) in [4.78, 5) is -1.93. The number of aryl methyl sites for hydroxylation is 2. The van der Waals surface area contributed by atoms with Crippen molar-refractivity contribution in [2.24, 2.45) is 0 Å². The molecule has 0 bridgehead atoms. The topological polar surface area (TPSA) is 0 Å². The van der Waals surface area contributed by atoms with Crippen LogP contribution in [-0.4, -0.2) is 0 Å². The monoisotopic (exact) mass is 674 g/mol. The van der Waals surface area contributed by atoms with Gasteiger partial charge >= 0.3 is 0 Å². The van der Waals surface area contributed by atoms with Crippen LogP contribution in [0.3, 0.4) is 0 Å². The first-order valence-electron chi connectivity index (χ1n) is 11.6. The maximum atomic E-state index is 15.4. The van der Waals surface area contributed by atoms with E-state index in [9.17, 15) is 52.7 Å². The molecule has 0 amide bonds. The van der Waals surface area contributed by atoms with Crippen LogP contribution in [0.25, 0.3) is 43.1 Å². The lowest BCUT2D eigenvalue weighted by molar-refractivity contribution is 0.381. The fourth-order valence-electron chi connectivity index (χ4n) is 4.49. The maximum absolute atomic E-state index is 15.4. The van der Waals surface area contributed by atoms with E-state index in [0.29, 0.717) is 34.8 Å². The second kappa shape index (κ2) is 10.9. The summed E-state index contributed by atoms with van der Waals surface area (Å²) in [5, 5.41) is 0. The Kier molecular flexibility index (Phi) is 7.81. The average molecular weight is 674 g/mol. The lowest BCUT2D eigenvalue weighted by Crippen LogP contribution is -2.04. The van der Waals surface area contributed by atoms with E-state index in [1.54, 1.807) is 0 Å². The minimum atomic E-state index is -2.48. The van der Waals surface area contributed by atoms with Crippen LogP contribution in [0.15, 0.2) is 12.1 Å². The molecule has 44 heavy (non-hydrogen) atoms. The molecule has 5 aromatic rings. The third kappa shape index (κ3) is 4.48. The van der Waals surface area contributed by atoms with Crippen molar-refractivity contribution < 1.29 is 61.5 Å². The van der Waals surface area contributed by atoms with Gasteiger partial charge in [0.2, 0.25) is 11.6 Å². The minimum absolute atomic E-state index is 0.234. The number of benzene rings is 3. The summed E-state index contributed by atoms with van der Waals surface area (Å²) in [5.41, 5.74) is -6.47. The third-order valence-corrected chi connectivity index (χ3v) is 8.69. The molecule has 0 spiro atoms. The standard InChI is InChI=1S/C28H8F14S2/c1-5-7(3-9(43-5)13-17(31)23(37)27(41)24(38)18(13)32)11-12(16(30)22(36)21(35)15(11)29)8-4-10(44-6(8)2)14-19(33)25(39)28(42)26(40)20(14)34/h3-4H,1-2H3. The van der Waals surface area contributed by atoms with Gasteiger partial charge in [-0.2, -0.15) is 0 Å². The zero-order valence-electron chi connectivity index (χ0n) is 21.3. The molecule has 0 aliphatic carbocycles. The number of rotatable bonds is 4. The van der Waals surface area contributed by atoms with Crippen LogP contribution in [0.2, 0.25) is 0 Å². The second-order valence-corrected chi connectivity index (χ2v) is 11.6. The van der Waals surface area contributed by atoms with Gasteiger partial charge < -0.3 is 0 Å². The molecule has 0 fully saturated rings. The highest BCUT2D eigenvalue weighted by Crippen LogP contribution is 2.49. The Morgan fingerprint density at radius 2 is 0.523 bits per heavy atom. The first-order chi connectivity index (χ1) is 20.5. The molecule has 2 aromatic heterocycles. The Bertz CT molecular complexity index is 1840. The highest BCUT2D eigenvalue weighted by molar-refractivity contribution is 7.16. The van der Waals surface area contributed by atoms with Crippen LogP contribution >= 0.6 is 22.7 Å². The van der Waals surface area contributed by atoms with Crippen LogP contribution in [0.5, 0.6) is 0 Å². The Balaban J connectivity index is 1.81. The van der Waals surface area contributed by atoms with E-state index in [1.807, 2.05) is 0 Å². The van der Waals surface area contributed by atoms with Crippen molar-refractivity contribution in [1.82, 2.24) is 0 Å². The van der Waals surface area contributed by atoms with Crippen LogP contribution in [-0.2, 0) is 0 Å². The molecule has 230 valence electrons. The minimum Gasteiger partial charge on any atom is -0.203 e. The van der Waals surface area contributed by atoms with Gasteiger partial charge in [-0.3, -0.25) is 0 Å². The molecule has 2 heterocycles. The molecular weight excluding hydrogens is 666 g/mol. The van der Waals surface area contributed by atoms with Crippen molar-refractivity contribution in [2.45, 2.75) is 13.8 Å². The summed E-state index contributed by atoms with van der Waals surface area (Å²) in [7, 11) is 0. The molecule has 0 radical (unpaired) electrons. The zero-order chi connectivity index (χ0) is 32.7. The molecule has 0 saturated heterocycles. The normalized spacial score (nSPS) is 11.6. The van der Waals surface area contributed by atoms with Crippen molar-refractivity contribution in [3.8, 4) is 43.1 Å². The molecule has 3 aromatic carbocycles. The summed E-state index contributed by atoms with van der Waals surface area (Å²) >= 11 is 0.601. The van der Waals surface area contributed by atoms with Gasteiger partial charge in [0.15, 0.2) is 69.8 Å². The summed E-state index contributed by atoms with van der Waals surface area (Å²) in [6, 6.07) is 1.23. The largest absolute Gasteiger partial charge is 0.203 e.